The SMILES string of the molecule is CC(=O)c1ccc(-c2cccc(CNCC3CCN(c4nccc(/C=C5/SC(=O)NC5=O)n4)CC3)n2)s1. The van der Waals surface area contributed by atoms with E-state index in [1.54, 1.807) is 25.3 Å². The second-order valence-corrected chi connectivity index (χ2v) is 11.0. The maximum absolute atomic E-state index is 11.8. The predicted octanol–water partition coefficient (Wildman–Crippen LogP) is 4.13. The zero-order valence-electron chi connectivity index (χ0n) is 20.3. The molecule has 2 saturated heterocycles. The summed E-state index contributed by atoms with van der Waals surface area (Å²) < 4.78 is 0. The summed E-state index contributed by atoms with van der Waals surface area (Å²) in [7, 11) is 0. The van der Waals surface area contributed by atoms with Crippen LogP contribution in [0.1, 0.15) is 40.8 Å². The number of rotatable bonds is 8. The molecule has 0 saturated carbocycles. The van der Waals surface area contributed by atoms with Gasteiger partial charge in [-0.3, -0.25) is 24.7 Å². The van der Waals surface area contributed by atoms with Gasteiger partial charge in [0.1, 0.15) is 0 Å². The summed E-state index contributed by atoms with van der Waals surface area (Å²) in [6, 6.07) is 11.5. The van der Waals surface area contributed by atoms with Crippen molar-refractivity contribution in [1.29, 1.82) is 0 Å². The largest absolute Gasteiger partial charge is 0.341 e. The fourth-order valence-electron chi connectivity index (χ4n) is 4.27. The number of thiophene rings is 1. The van der Waals surface area contributed by atoms with Gasteiger partial charge in [0, 0.05) is 25.8 Å². The van der Waals surface area contributed by atoms with Crippen LogP contribution < -0.4 is 15.5 Å². The van der Waals surface area contributed by atoms with Gasteiger partial charge in [0.05, 0.1) is 31.7 Å². The lowest BCUT2D eigenvalue weighted by Crippen LogP contribution is -2.38. The molecule has 0 spiro atoms. The number of nitrogens with one attached hydrogen (secondary N) is 2. The van der Waals surface area contributed by atoms with E-state index >= 15 is 0 Å². The monoisotopic (exact) mass is 534 g/mol. The van der Waals surface area contributed by atoms with Gasteiger partial charge in [-0.25, -0.2) is 9.97 Å². The highest BCUT2D eigenvalue weighted by atomic mass is 32.2. The van der Waals surface area contributed by atoms with Gasteiger partial charge in [-0.1, -0.05) is 6.07 Å². The summed E-state index contributed by atoms with van der Waals surface area (Å²) in [5.74, 6) is 0.869. The highest BCUT2D eigenvalue weighted by molar-refractivity contribution is 8.18. The maximum atomic E-state index is 11.8. The fraction of sp³-hybridized carbons (Fsp3) is 0.308. The Balaban J connectivity index is 1.11. The lowest BCUT2D eigenvalue weighted by Gasteiger charge is -2.32. The summed E-state index contributed by atoms with van der Waals surface area (Å²) in [6.45, 7) is 4.88. The Labute approximate surface area is 222 Å². The number of nitrogens with zero attached hydrogens (tertiary/aromatic N) is 4. The number of piperidine rings is 1. The fourth-order valence-corrected chi connectivity index (χ4v) is 5.81. The van der Waals surface area contributed by atoms with Gasteiger partial charge in [-0.05, 0) is 80.4 Å². The van der Waals surface area contributed by atoms with Gasteiger partial charge in [0.25, 0.3) is 11.1 Å². The summed E-state index contributed by atoms with van der Waals surface area (Å²) in [4.78, 5) is 52.8. The number of hydrogen-bond donors (Lipinski definition) is 2. The van der Waals surface area contributed by atoms with Crippen LogP contribution in [0.4, 0.5) is 10.7 Å². The summed E-state index contributed by atoms with van der Waals surface area (Å²) in [5.41, 5.74) is 2.47. The van der Waals surface area contributed by atoms with Crippen LogP contribution >= 0.6 is 23.1 Å². The van der Waals surface area contributed by atoms with Crippen molar-refractivity contribution in [2.45, 2.75) is 26.3 Å². The molecule has 3 aromatic heterocycles. The first-order valence-corrected chi connectivity index (χ1v) is 13.7. The van der Waals surface area contributed by atoms with Crippen molar-refractivity contribution in [3.8, 4) is 10.6 Å². The third-order valence-electron chi connectivity index (χ3n) is 6.23. The van der Waals surface area contributed by atoms with E-state index in [0.29, 0.717) is 29.0 Å². The molecule has 9 nitrogen and oxygen atoms in total. The Morgan fingerprint density at radius 3 is 2.73 bits per heavy atom. The number of anilines is 1. The molecule has 0 aromatic carbocycles. The number of aromatic nitrogens is 3. The molecule has 3 aromatic rings. The molecule has 0 bridgehead atoms. The van der Waals surface area contributed by atoms with Crippen molar-refractivity contribution in [3.05, 3.63) is 63.8 Å². The normalized spacial score (nSPS) is 17.4. The zero-order valence-corrected chi connectivity index (χ0v) is 21.9. The van der Waals surface area contributed by atoms with Crippen LogP contribution in [0.2, 0.25) is 0 Å². The van der Waals surface area contributed by atoms with Crippen molar-refractivity contribution >= 4 is 52.1 Å². The minimum absolute atomic E-state index is 0.0756. The molecule has 2 aliphatic rings. The van der Waals surface area contributed by atoms with Gasteiger partial charge >= 0.3 is 0 Å². The predicted molar refractivity (Wildman–Crippen MR) is 145 cm³/mol. The maximum Gasteiger partial charge on any atom is 0.290 e. The molecule has 0 atom stereocenters. The smallest absolute Gasteiger partial charge is 0.290 e. The average Bonchev–Trinajstić information content (AvgIpc) is 3.51. The minimum atomic E-state index is -0.390. The number of carbonyl (C=O) groups excluding carboxylic acids is 3. The van der Waals surface area contributed by atoms with Crippen molar-refractivity contribution < 1.29 is 14.4 Å². The highest BCUT2D eigenvalue weighted by Gasteiger charge is 2.25. The Morgan fingerprint density at radius 2 is 2.00 bits per heavy atom. The Hall–Kier alpha value is -3.41. The first-order valence-electron chi connectivity index (χ1n) is 12.1. The van der Waals surface area contributed by atoms with Gasteiger partial charge in [-0.2, -0.15) is 0 Å². The zero-order chi connectivity index (χ0) is 25.8. The molecule has 0 radical (unpaired) electrons. The minimum Gasteiger partial charge on any atom is -0.341 e. The first kappa shape index (κ1) is 25.2. The molecule has 0 unspecified atom stereocenters. The van der Waals surface area contributed by atoms with Crippen molar-refractivity contribution in [3.63, 3.8) is 0 Å². The third kappa shape index (κ3) is 6.30. The number of ketones is 1. The number of amides is 2. The van der Waals surface area contributed by atoms with Crippen LogP contribution in [0.5, 0.6) is 0 Å². The van der Waals surface area contributed by atoms with E-state index < -0.39 is 0 Å². The Morgan fingerprint density at radius 1 is 1.16 bits per heavy atom. The van der Waals surface area contributed by atoms with Gasteiger partial charge in [-0.15, -0.1) is 11.3 Å². The van der Waals surface area contributed by atoms with Crippen molar-refractivity contribution in [2.24, 2.45) is 5.92 Å². The molecular formula is C26H26N6O3S2. The van der Waals surface area contributed by atoms with Gasteiger partial charge < -0.3 is 10.2 Å². The van der Waals surface area contributed by atoms with E-state index in [2.05, 4.69) is 25.5 Å². The van der Waals surface area contributed by atoms with Gasteiger partial charge in [0.2, 0.25) is 5.95 Å². The van der Waals surface area contributed by atoms with E-state index in [-0.39, 0.29) is 16.9 Å². The summed E-state index contributed by atoms with van der Waals surface area (Å²) in [5, 5.41) is 5.44. The van der Waals surface area contributed by atoms with Gasteiger partial charge in [0.15, 0.2) is 5.78 Å². The molecule has 2 aliphatic heterocycles. The molecule has 2 N–H and O–H groups in total. The van der Waals surface area contributed by atoms with Crippen molar-refractivity contribution in [1.82, 2.24) is 25.6 Å². The summed E-state index contributed by atoms with van der Waals surface area (Å²) >= 11 is 2.36. The molecule has 2 amide bonds. The second kappa shape index (κ2) is 11.3. The molecule has 5 heterocycles. The number of thioether (sulfide) groups is 1. The van der Waals surface area contributed by atoms with E-state index in [4.69, 9.17) is 4.98 Å². The summed E-state index contributed by atoms with van der Waals surface area (Å²) in [6.07, 6.45) is 5.34. The molecule has 0 aliphatic carbocycles. The molecule has 2 fully saturated rings. The van der Waals surface area contributed by atoms with Crippen molar-refractivity contribution in [2.75, 3.05) is 24.5 Å². The van der Waals surface area contributed by atoms with Crippen LogP contribution in [-0.4, -0.2) is 51.5 Å². The topological polar surface area (TPSA) is 117 Å². The second-order valence-electron chi connectivity index (χ2n) is 8.93. The number of imide groups is 1. The standard InChI is InChI=1S/C26H26N6O3S2/c1-16(33)21-5-6-22(36-21)20-4-2-3-19(29-20)15-27-14-17-8-11-32(12-9-17)25-28-10-7-18(30-25)13-23-24(34)31-26(35)37-23/h2-7,10,13,17,27H,8-9,11-12,14-15H2,1H3,(H,31,34,35)/b23-13+. The van der Waals surface area contributed by atoms with Crippen LogP contribution in [0.3, 0.4) is 0 Å². The number of hydrogen-bond acceptors (Lipinski definition) is 10. The van der Waals surface area contributed by atoms with Crippen LogP contribution in [0.25, 0.3) is 16.6 Å². The first-order chi connectivity index (χ1) is 17.9. The molecule has 37 heavy (non-hydrogen) atoms. The lowest BCUT2D eigenvalue weighted by atomic mass is 9.97. The molecular weight excluding hydrogens is 508 g/mol. The Bertz CT molecular complexity index is 1360. The van der Waals surface area contributed by atoms with E-state index in [1.165, 1.54) is 11.3 Å². The molecule has 190 valence electrons. The lowest BCUT2D eigenvalue weighted by molar-refractivity contribution is -0.115. The molecule has 5 rings (SSSR count). The van der Waals surface area contributed by atoms with E-state index in [0.717, 1.165) is 65.4 Å². The highest BCUT2D eigenvalue weighted by Crippen LogP contribution is 2.28. The van der Waals surface area contributed by atoms with Crippen LogP contribution in [0, 0.1) is 5.92 Å². The van der Waals surface area contributed by atoms with Crippen LogP contribution in [-0.2, 0) is 11.3 Å². The quantitative estimate of drug-likeness (QED) is 0.325. The number of Topliss-reactive ketones (excluding diaryl/α,β-unsaturated/α-hetero) is 1. The third-order valence-corrected chi connectivity index (χ3v) is 8.25. The Kier molecular flexibility index (Phi) is 7.73. The van der Waals surface area contributed by atoms with E-state index in [9.17, 15) is 14.4 Å². The van der Waals surface area contributed by atoms with Crippen LogP contribution in [0.15, 0.2) is 47.5 Å². The van der Waals surface area contributed by atoms with E-state index in [1.807, 2.05) is 30.3 Å². The number of carbonyl (C=O) groups is 3. The average molecular weight is 535 g/mol. The molecule has 11 heteroatoms. The number of pyridine rings is 1.